The normalized spacial score (nSPS) is 20.3. The van der Waals surface area contributed by atoms with E-state index in [9.17, 15) is 4.79 Å². The molecule has 1 N–H and O–H groups in total. The summed E-state index contributed by atoms with van der Waals surface area (Å²) < 4.78 is 1.74. The number of rotatable bonds is 3. The SMILES string of the molecule is O=C(c1ccnc(-c2cnn3ccc(-c4ccccc4)nc23)c1)N1C[C@H]2CC[C@@H](C1)N2. The third-order valence-corrected chi connectivity index (χ3v) is 6.23. The first-order valence-electron chi connectivity index (χ1n) is 10.7. The van der Waals surface area contributed by atoms with E-state index in [0.717, 1.165) is 48.4 Å². The van der Waals surface area contributed by atoms with Crippen molar-refractivity contribution < 1.29 is 4.79 Å². The minimum absolute atomic E-state index is 0.0662. The Morgan fingerprint density at radius 1 is 1.00 bits per heavy atom. The lowest BCUT2D eigenvalue weighted by Gasteiger charge is -2.33. The van der Waals surface area contributed by atoms with Gasteiger partial charge in [0.05, 0.1) is 23.1 Å². The molecule has 0 saturated carbocycles. The molecule has 2 saturated heterocycles. The number of fused-ring (bicyclic) bond motifs is 3. The minimum atomic E-state index is 0.0662. The second-order valence-corrected chi connectivity index (χ2v) is 8.28. The molecule has 0 aliphatic carbocycles. The monoisotopic (exact) mass is 410 g/mol. The van der Waals surface area contributed by atoms with E-state index in [2.05, 4.69) is 15.4 Å². The molecule has 2 atom stereocenters. The van der Waals surface area contributed by atoms with Gasteiger partial charge in [-0.3, -0.25) is 9.78 Å². The largest absolute Gasteiger partial charge is 0.336 e. The fourth-order valence-corrected chi connectivity index (χ4v) is 4.68. The first-order valence-corrected chi connectivity index (χ1v) is 10.7. The van der Waals surface area contributed by atoms with Crippen LogP contribution in [0.3, 0.4) is 0 Å². The van der Waals surface area contributed by atoms with Gasteiger partial charge in [-0.1, -0.05) is 30.3 Å². The number of carbonyl (C=O) groups excluding carboxylic acids is 1. The summed E-state index contributed by atoms with van der Waals surface area (Å²) in [6.07, 6.45) is 7.66. The first-order chi connectivity index (χ1) is 15.2. The molecular weight excluding hydrogens is 388 g/mol. The summed E-state index contributed by atoms with van der Waals surface area (Å²) in [4.78, 5) is 24.5. The van der Waals surface area contributed by atoms with Crippen molar-refractivity contribution >= 4 is 11.6 Å². The number of hydrogen-bond donors (Lipinski definition) is 1. The van der Waals surface area contributed by atoms with Crippen molar-refractivity contribution in [3.8, 4) is 22.5 Å². The van der Waals surface area contributed by atoms with Crippen LogP contribution in [0.1, 0.15) is 23.2 Å². The molecule has 2 fully saturated rings. The third kappa shape index (κ3) is 3.27. The predicted molar refractivity (Wildman–Crippen MR) is 118 cm³/mol. The number of benzene rings is 1. The Bertz CT molecular complexity index is 1260. The fraction of sp³-hybridized carbons (Fsp3) is 0.250. The van der Waals surface area contributed by atoms with Gasteiger partial charge in [0.15, 0.2) is 5.65 Å². The molecule has 1 aromatic carbocycles. The Morgan fingerprint density at radius 2 is 1.81 bits per heavy atom. The van der Waals surface area contributed by atoms with Crippen LogP contribution in [0.15, 0.2) is 67.1 Å². The van der Waals surface area contributed by atoms with E-state index in [4.69, 9.17) is 4.98 Å². The lowest BCUT2D eigenvalue weighted by atomic mass is 10.1. The maximum atomic E-state index is 13.2. The van der Waals surface area contributed by atoms with Crippen LogP contribution in [0.5, 0.6) is 0 Å². The number of nitrogens with zero attached hydrogens (tertiary/aromatic N) is 5. The number of carbonyl (C=O) groups is 1. The lowest BCUT2D eigenvalue weighted by Crippen LogP contribution is -2.53. The van der Waals surface area contributed by atoms with Crippen LogP contribution in [0.2, 0.25) is 0 Å². The van der Waals surface area contributed by atoms with Crippen molar-refractivity contribution in [1.29, 1.82) is 0 Å². The summed E-state index contributed by atoms with van der Waals surface area (Å²) in [5.41, 5.74) is 4.81. The average molecular weight is 410 g/mol. The van der Waals surface area contributed by atoms with Gasteiger partial charge in [-0.15, -0.1) is 0 Å². The van der Waals surface area contributed by atoms with Crippen LogP contribution >= 0.6 is 0 Å². The van der Waals surface area contributed by atoms with E-state index < -0.39 is 0 Å². The molecule has 2 bridgehead atoms. The summed E-state index contributed by atoms with van der Waals surface area (Å²) in [5, 5.41) is 8.01. The molecule has 5 heterocycles. The average Bonchev–Trinajstić information content (AvgIpc) is 3.41. The summed E-state index contributed by atoms with van der Waals surface area (Å²) in [5.74, 6) is 0.0662. The standard InChI is InChI=1S/C24H22N6O/c31-24(29-14-18-6-7-19(15-29)27-18)17-8-10-25-22(12-17)20-13-26-30-11-9-21(28-23(20)30)16-4-2-1-3-5-16/h1-5,8-13,18-19,27H,6-7,14-15H2/t18-,19+. The molecule has 0 radical (unpaired) electrons. The minimum Gasteiger partial charge on any atom is -0.336 e. The number of nitrogens with one attached hydrogen (secondary N) is 1. The summed E-state index contributed by atoms with van der Waals surface area (Å²) in [6.45, 7) is 1.54. The van der Waals surface area contributed by atoms with Crippen LogP contribution in [-0.2, 0) is 0 Å². The predicted octanol–water partition coefficient (Wildman–Crippen LogP) is 3.03. The molecule has 0 unspecified atom stereocenters. The second kappa shape index (κ2) is 7.28. The Kier molecular flexibility index (Phi) is 4.28. The molecule has 7 nitrogen and oxygen atoms in total. The molecule has 0 spiro atoms. The van der Waals surface area contributed by atoms with Crippen molar-refractivity contribution in [3.63, 3.8) is 0 Å². The number of amides is 1. The van der Waals surface area contributed by atoms with Crippen molar-refractivity contribution in [1.82, 2.24) is 29.8 Å². The summed E-state index contributed by atoms with van der Waals surface area (Å²) in [7, 11) is 0. The fourth-order valence-electron chi connectivity index (χ4n) is 4.68. The lowest BCUT2D eigenvalue weighted by molar-refractivity contribution is 0.0697. The smallest absolute Gasteiger partial charge is 0.254 e. The van der Waals surface area contributed by atoms with Crippen molar-refractivity contribution in [2.24, 2.45) is 0 Å². The van der Waals surface area contributed by atoms with E-state index in [1.807, 2.05) is 53.6 Å². The highest BCUT2D eigenvalue weighted by Crippen LogP contribution is 2.26. The number of pyridine rings is 1. The van der Waals surface area contributed by atoms with E-state index in [0.29, 0.717) is 23.3 Å². The van der Waals surface area contributed by atoms with Crippen LogP contribution < -0.4 is 5.32 Å². The zero-order valence-corrected chi connectivity index (χ0v) is 17.0. The molecule has 3 aromatic heterocycles. The highest BCUT2D eigenvalue weighted by atomic mass is 16.2. The Labute approximate surface area is 179 Å². The van der Waals surface area contributed by atoms with Gasteiger partial charge in [0.2, 0.25) is 0 Å². The van der Waals surface area contributed by atoms with Gasteiger partial charge in [0, 0.05) is 48.7 Å². The molecule has 31 heavy (non-hydrogen) atoms. The molecule has 154 valence electrons. The van der Waals surface area contributed by atoms with Gasteiger partial charge in [-0.05, 0) is 31.0 Å². The maximum Gasteiger partial charge on any atom is 0.254 e. The molecule has 4 aromatic rings. The summed E-state index contributed by atoms with van der Waals surface area (Å²) in [6, 6.07) is 16.5. The van der Waals surface area contributed by atoms with E-state index in [-0.39, 0.29) is 5.91 Å². The van der Waals surface area contributed by atoms with Crippen molar-refractivity contribution in [2.45, 2.75) is 24.9 Å². The van der Waals surface area contributed by atoms with Gasteiger partial charge in [0.25, 0.3) is 5.91 Å². The first kappa shape index (κ1) is 18.2. The molecule has 6 rings (SSSR count). The number of piperazine rings is 1. The molecule has 1 amide bonds. The van der Waals surface area contributed by atoms with E-state index in [1.165, 1.54) is 0 Å². The quantitative estimate of drug-likeness (QED) is 0.562. The highest BCUT2D eigenvalue weighted by Gasteiger charge is 2.34. The number of aromatic nitrogens is 4. The van der Waals surface area contributed by atoms with Crippen molar-refractivity contribution in [2.75, 3.05) is 13.1 Å². The number of hydrogen-bond acceptors (Lipinski definition) is 5. The number of likely N-dealkylation sites (tertiary alicyclic amines) is 1. The van der Waals surface area contributed by atoms with Gasteiger partial charge in [0.1, 0.15) is 0 Å². The van der Waals surface area contributed by atoms with Crippen molar-refractivity contribution in [3.05, 3.63) is 72.7 Å². The Morgan fingerprint density at radius 3 is 2.61 bits per heavy atom. The maximum absolute atomic E-state index is 13.2. The molecule has 2 aliphatic rings. The van der Waals surface area contributed by atoms with E-state index >= 15 is 0 Å². The van der Waals surface area contributed by atoms with Crippen LogP contribution in [0, 0.1) is 0 Å². The zero-order valence-electron chi connectivity index (χ0n) is 17.0. The van der Waals surface area contributed by atoms with Gasteiger partial charge >= 0.3 is 0 Å². The Balaban J connectivity index is 1.35. The van der Waals surface area contributed by atoms with Gasteiger partial charge < -0.3 is 10.2 Å². The Hall–Kier alpha value is -3.58. The molecular formula is C24H22N6O. The molecule has 2 aliphatic heterocycles. The zero-order chi connectivity index (χ0) is 20.8. The molecule has 7 heteroatoms. The topological polar surface area (TPSA) is 75.4 Å². The van der Waals surface area contributed by atoms with Gasteiger partial charge in [-0.25, -0.2) is 9.50 Å². The second-order valence-electron chi connectivity index (χ2n) is 8.28. The highest BCUT2D eigenvalue weighted by molar-refractivity contribution is 5.95. The van der Waals surface area contributed by atoms with Crippen LogP contribution in [-0.4, -0.2) is 55.6 Å². The van der Waals surface area contributed by atoms with Crippen LogP contribution in [0.4, 0.5) is 0 Å². The third-order valence-electron chi connectivity index (χ3n) is 6.23. The van der Waals surface area contributed by atoms with Crippen LogP contribution in [0.25, 0.3) is 28.2 Å². The van der Waals surface area contributed by atoms with E-state index in [1.54, 1.807) is 23.0 Å². The summed E-state index contributed by atoms with van der Waals surface area (Å²) >= 11 is 0. The van der Waals surface area contributed by atoms with Gasteiger partial charge in [-0.2, -0.15) is 5.10 Å².